The molecule has 2 aromatic heterocycles. The molecule has 1 N–H and O–H groups in total. The maximum absolute atomic E-state index is 12.9. The molecule has 2 heterocycles. The van der Waals surface area contributed by atoms with Crippen LogP contribution in [0.5, 0.6) is 17.2 Å². The molecule has 1 amide bonds. The van der Waals surface area contributed by atoms with Crippen molar-refractivity contribution in [3.8, 4) is 22.9 Å². The van der Waals surface area contributed by atoms with Crippen molar-refractivity contribution in [2.45, 2.75) is 12.8 Å². The largest absolute Gasteiger partial charge is 0.497 e. The van der Waals surface area contributed by atoms with Crippen LogP contribution < -0.4 is 25.1 Å². The number of nitrogens with one attached hydrogen (secondary N) is 1. The van der Waals surface area contributed by atoms with Gasteiger partial charge in [-0.2, -0.15) is 0 Å². The minimum absolute atomic E-state index is 0.163. The summed E-state index contributed by atoms with van der Waals surface area (Å²) in [4.78, 5) is 25.3. The first-order valence-electron chi connectivity index (χ1n) is 10.2. The predicted octanol–water partition coefficient (Wildman–Crippen LogP) is 2.48. The summed E-state index contributed by atoms with van der Waals surface area (Å²) in [6.45, 7) is 0. The van der Waals surface area contributed by atoms with Gasteiger partial charge in [0, 0.05) is 42.7 Å². The number of nitrogens with zero attached hydrogens (tertiary/aromatic N) is 4. The molecule has 0 fully saturated rings. The Kier molecular flexibility index (Phi) is 6.25. The van der Waals surface area contributed by atoms with Gasteiger partial charge in [-0.15, -0.1) is 10.2 Å². The Morgan fingerprint density at radius 3 is 2.39 bits per heavy atom. The van der Waals surface area contributed by atoms with Crippen LogP contribution in [0.1, 0.15) is 12.2 Å². The number of amides is 1. The number of hydrogen-bond acceptors (Lipinski definition) is 7. The lowest BCUT2D eigenvalue weighted by Crippen LogP contribution is -2.20. The SMILES string of the molecule is COc1ccc(-n2ccn3c(CCC(=O)Nc4ccc(OC)c(OC)c4)nnc3c2=O)cc1. The standard InChI is InChI=1S/C23H23N5O5/c1-31-17-7-5-16(6-8-17)27-12-13-28-20(25-26-22(28)23(27)30)10-11-21(29)24-15-4-9-18(32-2)19(14-15)33-3/h4-9,12-14H,10-11H2,1-3H3,(H,24,29). The minimum atomic E-state index is -0.309. The third-order valence-corrected chi connectivity index (χ3v) is 5.13. The molecule has 4 rings (SSSR count). The first-order valence-corrected chi connectivity index (χ1v) is 10.2. The quantitative estimate of drug-likeness (QED) is 0.440. The summed E-state index contributed by atoms with van der Waals surface area (Å²) >= 11 is 0. The maximum atomic E-state index is 12.9. The van der Waals surface area contributed by atoms with E-state index in [1.54, 1.807) is 73.5 Å². The number of benzene rings is 2. The number of aryl methyl sites for hydroxylation is 1. The number of rotatable bonds is 8. The van der Waals surface area contributed by atoms with E-state index in [1.165, 1.54) is 11.7 Å². The number of anilines is 1. The average molecular weight is 449 g/mol. The van der Waals surface area contributed by atoms with E-state index in [0.29, 0.717) is 40.9 Å². The molecule has 0 bridgehead atoms. The van der Waals surface area contributed by atoms with Crippen molar-refractivity contribution >= 4 is 17.2 Å². The number of hydrogen-bond donors (Lipinski definition) is 1. The zero-order chi connectivity index (χ0) is 23.4. The first-order chi connectivity index (χ1) is 16.0. The zero-order valence-electron chi connectivity index (χ0n) is 18.4. The van der Waals surface area contributed by atoms with Gasteiger partial charge in [0.05, 0.1) is 21.3 Å². The summed E-state index contributed by atoms with van der Waals surface area (Å²) in [6.07, 6.45) is 3.83. The topological polar surface area (TPSA) is 109 Å². The van der Waals surface area contributed by atoms with Crippen molar-refractivity contribution in [1.82, 2.24) is 19.2 Å². The minimum Gasteiger partial charge on any atom is -0.497 e. The number of methoxy groups -OCH3 is 3. The molecule has 0 saturated carbocycles. The molecule has 2 aromatic carbocycles. The van der Waals surface area contributed by atoms with Gasteiger partial charge >= 0.3 is 5.56 Å². The molecule has 10 heteroatoms. The average Bonchev–Trinajstić information content (AvgIpc) is 3.27. The number of ether oxygens (including phenoxy) is 3. The van der Waals surface area contributed by atoms with Gasteiger partial charge in [0.15, 0.2) is 11.5 Å². The Labute approximate surface area is 189 Å². The van der Waals surface area contributed by atoms with E-state index in [9.17, 15) is 9.59 Å². The molecule has 10 nitrogen and oxygen atoms in total. The highest BCUT2D eigenvalue weighted by Crippen LogP contribution is 2.29. The van der Waals surface area contributed by atoms with E-state index in [4.69, 9.17) is 14.2 Å². The Bertz CT molecular complexity index is 1340. The van der Waals surface area contributed by atoms with Crippen LogP contribution in [-0.2, 0) is 11.2 Å². The van der Waals surface area contributed by atoms with Gasteiger partial charge < -0.3 is 19.5 Å². The van der Waals surface area contributed by atoms with Crippen LogP contribution in [-0.4, -0.2) is 46.4 Å². The van der Waals surface area contributed by atoms with Crippen LogP contribution in [0.15, 0.2) is 59.7 Å². The van der Waals surface area contributed by atoms with E-state index in [2.05, 4.69) is 15.5 Å². The fraction of sp³-hybridized carbons (Fsp3) is 0.217. The van der Waals surface area contributed by atoms with Crippen LogP contribution in [0.4, 0.5) is 5.69 Å². The Balaban J connectivity index is 1.47. The Morgan fingerprint density at radius 1 is 0.939 bits per heavy atom. The molecule has 0 aliphatic heterocycles. The van der Waals surface area contributed by atoms with Gasteiger partial charge in [-0.3, -0.25) is 18.6 Å². The second kappa shape index (κ2) is 9.43. The smallest absolute Gasteiger partial charge is 0.300 e. The lowest BCUT2D eigenvalue weighted by Gasteiger charge is -2.10. The van der Waals surface area contributed by atoms with Crippen LogP contribution in [0, 0.1) is 0 Å². The van der Waals surface area contributed by atoms with Gasteiger partial charge in [0.25, 0.3) is 0 Å². The fourth-order valence-corrected chi connectivity index (χ4v) is 3.41. The number of aromatic nitrogens is 4. The molecule has 0 spiro atoms. The molecule has 170 valence electrons. The van der Waals surface area contributed by atoms with Gasteiger partial charge in [-0.25, -0.2) is 0 Å². The third-order valence-electron chi connectivity index (χ3n) is 5.13. The monoisotopic (exact) mass is 449 g/mol. The van der Waals surface area contributed by atoms with Gasteiger partial charge in [0.1, 0.15) is 11.6 Å². The summed E-state index contributed by atoms with van der Waals surface area (Å²) in [5.41, 5.74) is 1.15. The number of fused-ring (bicyclic) bond motifs is 1. The van der Waals surface area contributed by atoms with E-state index < -0.39 is 0 Å². The zero-order valence-corrected chi connectivity index (χ0v) is 18.4. The van der Waals surface area contributed by atoms with Crippen LogP contribution >= 0.6 is 0 Å². The summed E-state index contributed by atoms with van der Waals surface area (Å²) in [6, 6.07) is 12.3. The van der Waals surface area contributed by atoms with E-state index in [-0.39, 0.29) is 23.5 Å². The van der Waals surface area contributed by atoms with Crippen molar-refractivity contribution in [1.29, 1.82) is 0 Å². The normalized spacial score (nSPS) is 10.8. The summed E-state index contributed by atoms with van der Waals surface area (Å²) < 4.78 is 18.7. The molecular formula is C23H23N5O5. The fourth-order valence-electron chi connectivity index (χ4n) is 3.41. The van der Waals surface area contributed by atoms with Crippen LogP contribution in [0.3, 0.4) is 0 Å². The van der Waals surface area contributed by atoms with E-state index in [0.717, 1.165) is 0 Å². The number of carbonyl (C=O) groups excluding carboxylic acids is 1. The van der Waals surface area contributed by atoms with Gasteiger partial charge in [-0.05, 0) is 36.4 Å². The van der Waals surface area contributed by atoms with Crippen LogP contribution in [0.25, 0.3) is 11.3 Å². The first kappa shape index (κ1) is 21.9. The summed E-state index contributed by atoms with van der Waals surface area (Å²) in [5.74, 6) is 2.11. The van der Waals surface area contributed by atoms with Crippen molar-refractivity contribution in [3.05, 3.63) is 71.0 Å². The molecular weight excluding hydrogens is 426 g/mol. The van der Waals surface area contributed by atoms with Gasteiger partial charge in [-0.1, -0.05) is 0 Å². The van der Waals surface area contributed by atoms with Gasteiger partial charge in [0.2, 0.25) is 11.6 Å². The molecule has 0 unspecified atom stereocenters. The predicted molar refractivity (Wildman–Crippen MR) is 122 cm³/mol. The highest BCUT2D eigenvalue weighted by molar-refractivity contribution is 5.91. The van der Waals surface area contributed by atoms with E-state index >= 15 is 0 Å². The van der Waals surface area contributed by atoms with Crippen molar-refractivity contribution in [2.75, 3.05) is 26.6 Å². The number of carbonyl (C=O) groups is 1. The Morgan fingerprint density at radius 2 is 1.70 bits per heavy atom. The summed E-state index contributed by atoms with van der Waals surface area (Å²) in [7, 11) is 4.66. The molecule has 33 heavy (non-hydrogen) atoms. The second-order valence-corrected chi connectivity index (χ2v) is 7.10. The maximum Gasteiger partial charge on any atom is 0.300 e. The molecule has 0 aliphatic rings. The lowest BCUT2D eigenvalue weighted by molar-refractivity contribution is -0.116. The molecule has 0 radical (unpaired) electrons. The van der Waals surface area contributed by atoms with Crippen molar-refractivity contribution in [3.63, 3.8) is 0 Å². The Hall–Kier alpha value is -4.34. The van der Waals surface area contributed by atoms with Crippen molar-refractivity contribution in [2.24, 2.45) is 0 Å². The lowest BCUT2D eigenvalue weighted by atomic mass is 10.2. The molecule has 0 aliphatic carbocycles. The van der Waals surface area contributed by atoms with E-state index in [1.807, 2.05) is 0 Å². The molecule has 4 aromatic rings. The van der Waals surface area contributed by atoms with Crippen LogP contribution in [0.2, 0.25) is 0 Å². The molecule has 0 atom stereocenters. The molecule has 0 saturated heterocycles. The second-order valence-electron chi connectivity index (χ2n) is 7.10. The summed E-state index contributed by atoms with van der Waals surface area (Å²) in [5, 5.41) is 11.0. The third kappa shape index (κ3) is 4.49. The highest BCUT2D eigenvalue weighted by atomic mass is 16.5. The van der Waals surface area contributed by atoms with Crippen molar-refractivity contribution < 1.29 is 19.0 Å². The highest BCUT2D eigenvalue weighted by Gasteiger charge is 2.14.